The molecule has 31 heavy (non-hydrogen) atoms. The summed E-state index contributed by atoms with van der Waals surface area (Å²) in [6.45, 7) is 10.7. The molecule has 13 atom stereocenters. The van der Waals surface area contributed by atoms with Gasteiger partial charge in [0.25, 0.3) is 0 Å². The van der Waals surface area contributed by atoms with Gasteiger partial charge in [-0.2, -0.15) is 0 Å². The normalized spacial score (nSPS) is 63.3. The predicted octanol–water partition coefficient (Wildman–Crippen LogP) is 4.73. The highest BCUT2D eigenvalue weighted by molar-refractivity contribution is 5.16. The van der Waals surface area contributed by atoms with Crippen molar-refractivity contribution in [2.75, 3.05) is 6.61 Å². The maximum absolute atomic E-state index is 11.3. The van der Waals surface area contributed by atoms with Gasteiger partial charge in [0.1, 0.15) is 0 Å². The van der Waals surface area contributed by atoms with Gasteiger partial charge in [-0.1, -0.05) is 27.7 Å². The van der Waals surface area contributed by atoms with E-state index in [1.54, 1.807) is 0 Å². The van der Waals surface area contributed by atoms with Crippen LogP contribution in [-0.4, -0.2) is 35.8 Å². The third-order valence-corrected chi connectivity index (χ3v) is 12.0. The van der Waals surface area contributed by atoms with E-state index in [2.05, 4.69) is 27.7 Å². The third-order valence-electron chi connectivity index (χ3n) is 12.0. The quantitative estimate of drug-likeness (QED) is 0.582. The first kappa shape index (κ1) is 21.4. The molecule has 6 rings (SSSR count). The number of hydrogen-bond donors (Lipinski definition) is 2. The topological polar surface area (TPSA) is 64.7 Å². The molecule has 7 unspecified atom stereocenters. The fourth-order valence-corrected chi connectivity index (χ4v) is 10.3. The summed E-state index contributed by atoms with van der Waals surface area (Å²) in [5.41, 5.74) is 6.95. The molecular formula is C27H45NO3. The van der Waals surface area contributed by atoms with Crippen LogP contribution in [0, 0.1) is 52.3 Å². The van der Waals surface area contributed by atoms with Gasteiger partial charge in [-0.3, -0.25) is 0 Å². The molecule has 4 heteroatoms. The summed E-state index contributed by atoms with van der Waals surface area (Å²) in [7, 11) is 0. The van der Waals surface area contributed by atoms with Crippen LogP contribution >= 0.6 is 0 Å². The lowest BCUT2D eigenvalue weighted by Crippen LogP contribution is -2.59. The van der Waals surface area contributed by atoms with Crippen LogP contribution in [0.25, 0.3) is 0 Å². The Labute approximate surface area is 189 Å². The second kappa shape index (κ2) is 6.93. The van der Waals surface area contributed by atoms with Gasteiger partial charge in [-0.15, -0.1) is 0 Å². The summed E-state index contributed by atoms with van der Waals surface area (Å²) < 4.78 is 13.3. The van der Waals surface area contributed by atoms with E-state index in [0.29, 0.717) is 47.0 Å². The van der Waals surface area contributed by atoms with Gasteiger partial charge < -0.3 is 20.3 Å². The molecule has 6 aliphatic rings. The largest absolute Gasteiger partial charge is 0.393 e. The van der Waals surface area contributed by atoms with E-state index < -0.39 is 0 Å². The zero-order valence-electron chi connectivity index (χ0n) is 20.2. The first-order valence-corrected chi connectivity index (χ1v) is 13.4. The van der Waals surface area contributed by atoms with Crippen LogP contribution in [0.4, 0.5) is 0 Å². The van der Waals surface area contributed by atoms with Gasteiger partial charge in [0.2, 0.25) is 0 Å². The Morgan fingerprint density at radius 3 is 2.39 bits per heavy atom. The second-order valence-corrected chi connectivity index (χ2v) is 13.3. The fourth-order valence-electron chi connectivity index (χ4n) is 10.3. The van der Waals surface area contributed by atoms with Gasteiger partial charge in [0.05, 0.1) is 18.8 Å². The van der Waals surface area contributed by atoms with E-state index in [1.807, 2.05) is 0 Å². The summed E-state index contributed by atoms with van der Waals surface area (Å²) in [6.07, 6.45) is 10.6. The van der Waals surface area contributed by atoms with Crippen molar-refractivity contribution in [1.29, 1.82) is 0 Å². The Balaban J connectivity index is 1.28. The molecule has 2 aliphatic heterocycles. The Kier molecular flexibility index (Phi) is 4.78. The van der Waals surface area contributed by atoms with Crippen LogP contribution in [0.2, 0.25) is 0 Å². The Hall–Kier alpha value is -0.160. The highest BCUT2D eigenvalue weighted by Gasteiger charge is 2.69. The number of aliphatic hydroxyl groups is 1. The SMILES string of the molecule is CC1C2C(CC3C4C[C@H](O)C5C[C@@H](N)CC[C@]5(C)C4CC[C@@]32C)O[C@]12CC[C@@H](C)CO2. The fraction of sp³-hybridized carbons (Fsp3) is 1.00. The van der Waals surface area contributed by atoms with Crippen molar-refractivity contribution in [3.63, 3.8) is 0 Å². The molecular weight excluding hydrogens is 386 g/mol. The average molecular weight is 432 g/mol. The van der Waals surface area contributed by atoms with E-state index >= 15 is 0 Å². The first-order chi connectivity index (χ1) is 14.7. The zero-order chi connectivity index (χ0) is 21.8. The second-order valence-electron chi connectivity index (χ2n) is 13.3. The van der Waals surface area contributed by atoms with Crippen molar-refractivity contribution in [2.24, 2.45) is 58.0 Å². The standard InChI is InChI=1S/C27H45NO3/c1-15-5-10-27(30-14-15)16(2)24-23(31-27)13-20-18-12-22(29)21-11-17(28)6-8-25(21,3)19(18)7-9-26(20,24)4/h15-24,29H,5-14,28H2,1-4H3/t15-,16?,17+,18?,19?,20?,21?,22+,23?,24?,25-,26+,27-/m1/s1. The number of hydrogen-bond acceptors (Lipinski definition) is 4. The van der Waals surface area contributed by atoms with Crippen LogP contribution in [0.1, 0.15) is 85.5 Å². The highest BCUT2D eigenvalue weighted by Crippen LogP contribution is 2.71. The first-order valence-electron chi connectivity index (χ1n) is 13.4. The van der Waals surface area contributed by atoms with Crippen molar-refractivity contribution in [1.82, 2.24) is 0 Å². The molecule has 0 amide bonds. The minimum absolute atomic E-state index is 0.173. The molecule has 2 heterocycles. The van der Waals surface area contributed by atoms with Crippen molar-refractivity contribution in [3.8, 4) is 0 Å². The average Bonchev–Trinajstić information content (AvgIpc) is 3.17. The molecule has 2 saturated heterocycles. The van der Waals surface area contributed by atoms with E-state index in [1.165, 1.54) is 32.1 Å². The van der Waals surface area contributed by atoms with Crippen molar-refractivity contribution >= 4 is 0 Å². The summed E-state index contributed by atoms with van der Waals surface area (Å²) in [5, 5.41) is 11.3. The Morgan fingerprint density at radius 1 is 0.871 bits per heavy atom. The predicted molar refractivity (Wildman–Crippen MR) is 121 cm³/mol. The van der Waals surface area contributed by atoms with E-state index in [4.69, 9.17) is 15.2 Å². The molecule has 4 aliphatic carbocycles. The lowest BCUT2D eigenvalue weighted by molar-refractivity contribution is -0.273. The summed E-state index contributed by atoms with van der Waals surface area (Å²) in [6, 6.07) is 0.285. The van der Waals surface area contributed by atoms with Crippen LogP contribution in [0.5, 0.6) is 0 Å². The number of fused-ring (bicyclic) bond motifs is 7. The van der Waals surface area contributed by atoms with Crippen molar-refractivity contribution in [2.45, 2.75) is 110 Å². The Morgan fingerprint density at radius 2 is 1.65 bits per heavy atom. The molecule has 6 fully saturated rings. The summed E-state index contributed by atoms with van der Waals surface area (Å²) >= 11 is 0. The number of ether oxygens (including phenoxy) is 2. The van der Waals surface area contributed by atoms with Gasteiger partial charge in [0, 0.05) is 18.4 Å². The molecule has 3 N–H and O–H groups in total. The minimum Gasteiger partial charge on any atom is -0.393 e. The Bertz CT molecular complexity index is 719. The van der Waals surface area contributed by atoms with E-state index in [9.17, 15) is 5.11 Å². The van der Waals surface area contributed by atoms with Gasteiger partial charge in [0.15, 0.2) is 5.79 Å². The van der Waals surface area contributed by atoms with Crippen molar-refractivity contribution < 1.29 is 14.6 Å². The smallest absolute Gasteiger partial charge is 0.171 e. The van der Waals surface area contributed by atoms with E-state index in [-0.39, 0.29) is 23.3 Å². The van der Waals surface area contributed by atoms with Gasteiger partial charge >= 0.3 is 0 Å². The number of nitrogens with two attached hydrogens (primary N) is 1. The van der Waals surface area contributed by atoms with E-state index in [0.717, 1.165) is 38.2 Å². The van der Waals surface area contributed by atoms with Crippen molar-refractivity contribution in [3.05, 3.63) is 0 Å². The number of rotatable bonds is 0. The van der Waals surface area contributed by atoms with Crippen LogP contribution in [-0.2, 0) is 9.47 Å². The summed E-state index contributed by atoms with van der Waals surface area (Å²) in [5.74, 6) is 3.90. The molecule has 1 spiro atoms. The molecule has 0 radical (unpaired) electrons. The summed E-state index contributed by atoms with van der Waals surface area (Å²) in [4.78, 5) is 0. The van der Waals surface area contributed by atoms with Gasteiger partial charge in [-0.25, -0.2) is 0 Å². The monoisotopic (exact) mass is 431 g/mol. The lowest BCUT2D eigenvalue weighted by atomic mass is 9.43. The lowest BCUT2D eigenvalue weighted by Gasteiger charge is -2.62. The molecule has 4 nitrogen and oxygen atoms in total. The molecule has 0 aromatic rings. The van der Waals surface area contributed by atoms with Crippen LogP contribution < -0.4 is 5.73 Å². The molecule has 0 bridgehead atoms. The molecule has 4 saturated carbocycles. The van der Waals surface area contributed by atoms with Gasteiger partial charge in [-0.05, 0) is 97.7 Å². The third kappa shape index (κ3) is 2.80. The van der Waals surface area contributed by atoms with Crippen LogP contribution in [0.3, 0.4) is 0 Å². The molecule has 0 aromatic carbocycles. The number of aliphatic hydroxyl groups excluding tert-OH is 1. The van der Waals surface area contributed by atoms with Crippen LogP contribution in [0.15, 0.2) is 0 Å². The maximum atomic E-state index is 11.3. The minimum atomic E-state index is -0.324. The highest BCUT2D eigenvalue weighted by atomic mass is 16.7. The maximum Gasteiger partial charge on any atom is 0.171 e. The zero-order valence-corrected chi connectivity index (χ0v) is 20.2. The molecule has 176 valence electrons. The molecule has 0 aromatic heterocycles.